The third kappa shape index (κ3) is 2.49. The SMILES string of the molecule is CN1CCCC2CN(c3ncnc(NN)c3Br)CCC21. The highest BCUT2D eigenvalue weighted by Gasteiger charge is 2.35. The summed E-state index contributed by atoms with van der Waals surface area (Å²) >= 11 is 3.56. The molecular weight excluding hydrogens is 320 g/mol. The Morgan fingerprint density at radius 3 is 3.00 bits per heavy atom. The van der Waals surface area contributed by atoms with E-state index in [4.69, 9.17) is 5.84 Å². The molecule has 1 aromatic rings. The molecule has 110 valence electrons. The van der Waals surface area contributed by atoms with E-state index in [1.807, 2.05) is 0 Å². The van der Waals surface area contributed by atoms with Gasteiger partial charge in [0, 0.05) is 19.1 Å². The minimum atomic E-state index is 0.637. The normalized spacial score (nSPS) is 27.2. The van der Waals surface area contributed by atoms with Gasteiger partial charge in [-0.15, -0.1) is 0 Å². The minimum Gasteiger partial charge on any atom is -0.355 e. The van der Waals surface area contributed by atoms with Crippen molar-refractivity contribution in [3.8, 4) is 0 Å². The average molecular weight is 341 g/mol. The van der Waals surface area contributed by atoms with Gasteiger partial charge in [-0.05, 0) is 54.7 Å². The van der Waals surface area contributed by atoms with Gasteiger partial charge in [0.15, 0.2) is 5.82 Å². The number of hydrazine groups is 1. The standard InChI is InChI=1S/C13H21BrN6/c1-19-5-2-3-9-7-20(6-4-10(9)19)13-11(14)12(18-15)16-8-17-13/h8-10H,2-7,15H2,1H3,(H,16,17,18). The highest BCUT2D eigenvalue weighted by molar-refractivity contribution is 9.10. The lowest BCUT2D eigenvalue weighted by Crippen LogP contribution is -2.53. The van der Waals surface area contributed by atoms with Gasteiger partial charge in [-0.1, -0.05) is 0 Å². The number of piperidine rings is 2. The highest BCUT2D eigenvalue weighted by atomic mass is 79.9. The Balaban J connectivity index is 1.79. The maximum Gasteiger partial charge on any atom is 0.159 e. The van der Waals surface area contributed by atoms with Crippen molar-refractivity contribution in [2.75, 3.05) is 37.0 Å². The monoisotopic (exact) mass is 340 g/mol. The number of fused-ring (bicyclic) bond motifs is 1. The van der Waals surface area contributed by atoms with Crippen molar-refractivity contribution in [2.24, 2.45) is 11.8 Å². The minimum absolute atomic E-state index is 0.637. The Hall–Kier alpha value is -0.920. The van der Waals surface area contributed by atoms with Crippen molar-refractivity contribution in [1.29, 1.82) is 0 Å². The zero-order valence-corrected chi connectivity index (χ0v) is 13.3. The number of nitrogens with one attached hydrogen (secondary N) is 1. The zero-order chi connectivity index (χ0) is 14.1. The number of nitrogen functional groups attached to an aromatic ring is 1. The molecule has 2 unspecified atom stereocenters. The van der Waals surface area contributed by atoms with Gasteiger partial charge in [0.25, 0.3) is 0 Å². The first-order chi connectivity index (χ1) is 9.70. The van der Waals surface area contributed by atoms with E-state index in [1.165, 1.54) is 25.8 Å². The Morgan fingerprint density at radius 1 is 1.35 bits per heavy atom. The van der Waals surface area contributed by atoms with Crippen LogP contribution in [-0.4, -0.2) is 47.6 Å². The molecule has 2 atom stereocenters. The predicted octanol–water partition coefficient (Wildman–Crippen LogP) is 1.45. The maximum atomic E-state index is 5.48. The van der Waals surface area contributed by atoms with Crippen molar-refractivity contribution in [2.45, 2.75) is 25.3 Å². The number of likely N-dealkylation sites (tertiary alicyclic amines) is 1. The van der Waals surface area contributed by atoms with Gasteiger partial charge in [-0.3, -0.25) is 0 Å². The molecule has 6 nitrogen and oxygen atoms in total. The van der Waals surface area contributed by atoms with Crippen LogP contribution < -0.4 is 16.2 Å². The van der Waals surface area contributed by atoms with Gasteiger partial charge >= 0.3 is 0 Å². The number of halogens is 1. The van der Waals surface area contributed by atoms with Crippen LogP contribution in [0.15, 0.2) is 10.8 Å². The molecule has 3 heterocycles. The number of hydrogen-bond acceptors (Lipinski definition) is 6. The van der Waals surface area contributed by atoms with Crippen LogP contribution in [0.2, 0.25) is 0 Å². The predicted molar refractivity (Wildman–Crippen MR) is 83.5 cm³/mol. The summed E-state index contributed by atoms with van der Waals surface area (Å²) < 4.78 is 0.852. The first-order valence-electron chi connectivity index (χ1n) is 7.13. The lowest BCUT2D eigenvalue weighted by molar-refractivity contribution is 0.102. The first-order valence-corrected chi connectivity index (χ1v) is 7.92. The van der Waals surface area contributed by atoms with Crippen molar-refractivity contribution in [3.05, 3.63) is 10.8 Å². The van der Waals surface area contributed by atoms with Gasteiger partial charge in [0.1, 0.15) is 16.6 Å². The van der Waals surface area contributed by atoms with Crippen LogP contribution >= 0.6 is 15.9 Å². The van der Waals surface area contributed by atoms with Crippen LogP contribution in [0.3, 0.4) is 0 Å². The van der Waals surface area contributed by atoms with Gasteiger partial charge in [0.05, 0.1) is 0 Å². The van der Waals surface area contributed by atoms with E-state index < -0.39 is 0 Å². The van der Waals surface area contributed by atoms with E-state index in [-0.39, 0.29) is 0 Å². The van der Waals surface area contributed by atoms with Crippen LogP contribution in [0.25, 0.3) is 0 Å². The van der Waals surface area contributed by atoms with Crippen LogP contribution in [0.4, 0.5) is 11.6 Å². The van der Waals surface area contributed by atoms with Gasteiger partial charge in [0.2, 0.25) is 0 Å². The zero-order valence-electron chi connectivity index (χ0n) is 11.7. The summed E-state index contributed by atoms with van der Waals surface area (Å²) in [6.45, 7) is 3.33. The summed E-state index contributed by atoms with van der Waals surface area (Å²) in [5, 5.41) is 0. The lowest BCUT2D eigenvalue weighted by Gasteiger charge is -2.46. The fourth-order valence-electron chi connectivity index (χ4n) is 3.53. The van der Waals surface area contributed by atoms with Gasteiger partial charge in [-0.25, -0.2) is 15.8 Å². The van der Waals surface area contributed by atoms with Crippen molar-refractivity contribution >= 4 is 27.6 Å². The summed E-state index contributed by atoms with van der Waals surface area (Å²) in [4.78, 5) is 13.4. The van der Waals surface area contributed by atoms with Gasteiger partial charge < -0.3 is 15.2 Å². The number of nitrogens with zero attached hydrogens (tertiary/aromatic N) is 4. The molecule has 2 fully saturated rings. The number of rotatable bonds is 2. The molecule has 0 saturated carbocycles. The summed E-state index contributed by atoms with van der Waals surface area (Å²) in [6.07, 6.45) is 5.37. The number of aromatic nitrogens is 2. The third-order valence-corrected chi connectivity index (χ3v) is 5.28. The van der Waals surface area contributed by atoms with E-state index in [0.717, 1.165) is 35.3 Å². The molecule has 2 aliphatic heterocycles. The largest absolute Gasteiger partial charge is 0.355 e. The molecule has 2 saturated heterocycles. The molecule has 3 rings (SSSR count). The van der Waals surface area contributed by atoms with E-state index in [1.54, 1.807) is 6.33 Å². The van der Waals surface area contributed by atoms with Crippen molar-refractivity contribution < 1.29 is 0 Å². The van der Waals surface area contributed by atoms with Crippen LogP contribution in [0, 0.1) is 5.92 Å². The molecule has 0 bridgehead atoms. The van der Waals surface area contributed by atoms with Crippen molar-refractivity contribution in [3.63, 3.8) is 0 Å². The Kier molecular flexibility index (Phi) is 4.09. The summed E-state index contributed by atoms with van der Waals surface area (Å²) in [6, 6.07) is 0.729. The van der Waals surface area contributed by atoms with Crippen LogP contribution in [-0.2, 0) is 0 Å². The molecule has 0 aromatic carbocycles. The first kappa shape index (κ1) is 14.0. The lowest BCUT2D eigenvalue weighted by atomic mass is 9.84. The second kappa shape index (κ2) is 5.83. The fraction of sp³-hybridized carbons (Fsp3) is 0.692. The molecule has 0 aliphatic carbocycles. The van der Waals surface area contributed by atoms with Crippen LogP contribution in [0.5, 0.6) is 0 Å². The third-order valence-electron chi connectivity index (χ3n) is 4.55. The molecule has 0 amide bonds. The second-order valence-corrected chi connectivity index (χ2v) is 6.48. The van der Waals surface area contributed by atoms with E-state index in [9.17, 15) is 0 Å². The Morgan fingerprint density at radius 2 is 2.20 bits per heavy atom. The molecule has 3 N–H and O–H groups in total. The number of hydrogen-bond donors (Lipinski definition) is 2. The molecule has 0 spiro atoms. The summed E-state index contributed by atoms with van der Waals surface area (Å²) in [5.41, 5.74) is 2.61. The van der Waals surface area contributed by atoms with Crippen molar-refractivity contribution in [1.82, 2.24) is 14.9 Å². The molecule has 2 aliphatic rings. The summed E-state index contributed by atoms with van der Waals surface area (Å²) in [7, 11) is 2.25. The Labute approximate surface area is 127 Å². The number of anilines is 2. The second-order valence-electron chi connectivity index (χ2n) is 5.69. The highest BCUT2D eigenvalue weighted by Crippen LogP contribution is 2.35. The van der Waals surface area contributed by atoms with Gasteiger partial charge in [-0.2, -0.15) is 0 Å². The quantitative estimate of drug-likeness (QED) is 0.627. The summed E-state index contributed by atoms with van der Waals surface area (Å²) in [5.74, 6) is 7.79. The number of nitrogens with two attached hydrogens (primary N) is 1. The molecule has 0 radical (unpaired) electrons. The van der Waals surface area contributed by atoms with Crippen LogP contribution in [0.1, 0.15) is 19.3 Å². The Bertz CT molecular complexity index is 482. The fourth-order valence-corrected chi connectivity index (χ4v) is 4.10. The molecule has 20 heavy (non-hydrogen) atoms. The molecular formula is C13H21BrN6. The smallest absolute Gasteiger partial charge is 0.159 e. The van der Waals surface area contributed by atoms with E-state index in [0.29, 0.717) is 5.82 Å². The van der Waals surface area contributed by atoms with E-state index >= 15 is 0 Å². The molecule has 1 aromatic heterocycles. The molecule has 7 heteroatoms. The maximum absolute atomic E-state index is 5.48. The topological polar surface area (TPSA) is 70.3 Å². The van der Waals surface area contributed by atoms with E-state index in [2.05, 4.69) is 48.2 Å². The average Bonchev–Trinajstić information content (AvgIpc) is 2.47.